The van der Waals surface area contributed by atoms with Gasteiger partial charge in [0.15, 0.2) is 5.96 Å². The molecule has 0 amide bonds. The van der Waals surface area contributed by atoms with Gasteiger partial charge in [0, 0.05) is 43.3 Å². The number of rotatable bonds is 4. The summed E-state index contributed by atoms with van der Waals surface area (Å²) in [5.41, 5.74) is 0. The van der Waals surface area contributed by atoms with E-state index in [9.17, 15) is 0 Å². The number of hydrogen-bond acceptors (Lipinski definition) is 4. The van der Waals surface area contributed by atoms with Crippen molar-refractivity contribution in [3.05, 3.63) is 16.1 Å². The zero-order valence-electron chi connectivity index (χ0n) is 13.5. The molecule has 2 atom stereocenters. The summed E-state index contributed by atoms with van der Waals surface area (Å²) in [7, 11) is 1.84. The molecular formula is C15H26IN5S. The number of likely N-dealkylation sites (tertiary alicyclic amines) is 1. The third-order valence-corrected chi connectivity index (χ3v) is 5.26. The van der Waals surface area contributed by atoms with Crippen molar-refractivity contribution in [1.29, 1.82) is 0 Å². The van der Waals surface area contributed by atoms with Gasteiger partial charge < -0.3 is 10.6 Å². The van der Waals surface area contributed by atoms with Crippen LogP contribution in [0.15, 0.2) is 11.2 Å². The lowest BCUT2D eigenvalue weighted by atomic mass is 10.1. The van der Waals surface area contributed by atoms with Crippen LogP contribution in [-0.4, -0.2) is 48.1 Å². The van der Waals surface area contributed by atoms with Gasteiger partial charge in [-0.2, -0.15) is 0 Å². The van der Waals surface area contributed by atoms with Gasteiger partial charge in [0.1, 0.15) is 0 Å². The second kappa shape index (κ2) is 7.92. The van der Waals surface area contributed by atoms with Gasteiger partial charge in [-0.25, -0.2) is 4.98 Å². The van der Waals surface area contributed by atoms with Gasteiger partial charge in [0.2, 0.25) is 0 Å². The maximum Gasteiger partial charge on any atom is 0.191 e. The van der Waals surface area contributed by atoms with E-state index in [1.54, 1.807) is 11.3 Å². The van der Waals surface area contributed by atoms with Crippen LogP contribution in [0.4, 0.5) is 0 Å². The standard InChI is InChI=1S/C15H25N5S.HI/c1-10-8-20(12-4-5-12)9-14(10)19-15(16-3)18-7-13-6-17-11(2)21-13;/h6,10,12,14H,4-5,7-9H2,1-3H3,(H2,16,18,19);1H. The van der Waals surface area contributed by atoms with Gasteiger partial charge in [-0.05, 0) is 25.7 Å². The molecule has 2 fully saturated rings. The molecule has 1 aromatic heterocycles. The third-order valence-electron chi connectivity index (χ3n) is 4.35. The molecule has 1 aliphatic heterocycles. The second-order valence-electron chi connectivity index (χ2n) is 6.18. The van der Waals surface area contributed by atoms with E-state index in [1.807, 2.05) is 20.2 Å². The average molecular weight is 435 g/mol. The third kappa shape index (κ3) is 4.55. The molecule has 0 spiro atoms. The van der Waals surface area contributed by atoms with Gasteiger partial charge in [-0.15, -0.1) is 35.3 Å². The van der Waals surface area contributed by atoms with Crippen molar-refractivity contribution in [2.45, 2.75) is 45.3 Å². The van der Waals surface area contributed by atoms with Crippen molar-refractivity contribution in [1.82, 2.24) is 20.5 Å². The maximum absolute atomic E-state index is 4.35. The fraction of sp³-hybridized carbons (Fsp3) is 0.733. The van der Waals surface area contributed by atoms with E-state index in [0.717, 1.165) is 30.1 Å². The summed E-state index contributed by atoms with van der Waals surface area (Å²) < 4.78 is 0. The lowest BCUT2D eigenvalue weighted by Crippen LogP contribution is -2.46. The van der Waals surface area contributed by atoms with Crippen LogP contribution in [0.2, 0.25) is 0 Å². The van der Waals surface area contributed by atoms with Crippen LogP contribution >= 0.6 is 35.3 Å². The number of thiazole rings is 1. The van der Waals surface area contributed by atoms with Crippen LogP contribution in [0.25, 0.3) is 0 Å². The Morgan fingerprint density at radius 1 is 1.45 bits per heavy atom. The Labute approximate surface area is 154 Å². The Morgan fingerprint density at radius 3 is 2.82 bits per heavy atom. The van der Waals surface area contributed by atoms with E-state index in [-0.39, 0.29) is 24.0 Å². The summed E-state index contributed by atoms with van der Waals surface area (Å²) in [5.74, 6) is 1.57. The molecule has 0 aromatic carbocycles. The number of guanidine groups is 1. The molecule has 1 saturated heterocycles. The highest BCUT2D eigenvalue weighted by molar-refractivity contribution is 14.0. The lowest BCUT2D eigenvalue weighted by Gasteiger charge is -2.20. The van der Waals surface area contributed by atoms with E-state index in [0.29, 0.717) is 12.0 Å². The quantitative estimate of drug-likeness (QED) is 0.433. The predicted molar refractivity (Wildman–Crippen MR) is 103 cm³/mol. The van der Waals surface area contributed by atoms with E-state index >= 15 is 0 Å². The molecule has 124 valence electrons. The van der Waals surface area contributed by atoms with Gasteiger partial charge in [-0.1, -0.05) is 6.92 Å². The van der Waals surface area contributed by atoms with Gasteiger partial charge >= 0.3 is 0 Å². The van der Waals surface area contributed by atoms with Gasteiger partial charge in [0.05, 0.1) is 11.6 Å². The lowest BCUT2D eigenvalue weighted by molar-refractivity contribution is 0.315. The summed E-state index contributed by atoms with van der Waals surface area (Å²) >= 11 is 1.73. The fourth-order valence-corrected chi connectivity index (χ4v) is 3.69. The molecule has 2 heterocycles. The van der Waals surface area contributed by atoms with Crippen LogP contribution in [0, 0.1) is 12.8 Å². The smallest absolute Gasteiger partial charge is 0.191 e. The van der Waals surface area contributed by atoms with Crippen molar-refractivity contribution in [3.8, 4) is 0 Å². The monoisotopic (exact) mass is 435 g/mol. The van der Waals surface area contributed by atoms with E-state index < -0.39 is 0 Å². The summed E-state index contributed by atoms with van der Waals surface area (Å²) in [5, 5.41) is 8.09. The Hall–Kier alpha value is -0.410. The molecule has 0 bridgehead atoms. The molecule has 22 heavy (non-hydrogen) atoms. The van der Waals surface area contributed by atoms with Crippen molar-refractivity contribution in [3.63, 3.8) is 0 Å². The van der Waals surface area contributed by atoms with Gasteiger partial charge in [0.25, 0.3) is 0 Å². The molecule has 1 aliphatic carbocycles. The van der Waals surface area contributed by atoms with Crippen LogP contribution in [0.1, 0.15) is 29.7 Å². The fourth-order valence-electron chi connectivity index (χ4n) is 2.96. The molecule has 2 aliphatic rings. The minimum Gasteiger partial charge on any atom is -0.352 e. The van der Waals surface area contributed by atoms with E-state index in [1.165, 1.54) is 24.3 Å². The summed E-state index contributed by atoms with van der Waals surface area (Å²) in [4.78, 5) is 12.5. The first-order valence-electron chi connectivity index (χ1n) is 7.78. The number of aliphatic imine (C=N–C) groups is 1. The molecule has 1 saturated carbocycles. The number of nitrogens with zero attached hydrogens (tertiary/aromatic N) is 3. The van der Waals surface area contributed by atoms with Crippen LogP contribution in [-0.2, 0) is 6.54 Å². The molecule has 0 radical (unpaired) electrons. The number of aromatic nitrogens is 1. The van der Waals surface area contributed by atoms with E-state index in [2.05, 4.69) is 32.4 Å². The number of nitrogens with one attached hydrogen (secondary N) is 2. The van der Waals surface area contributed by atoms with Crippen LogP contribution in [0.5, 0.6) is 0 Å². The highest BCUT2D eigenvalue weighted by Crippen LogP contribution is 2.31. The SMILES string of the molecule is CN=C(NCc1cnc(C)s1)NC1CN(C2CC2)CC1C.I. The predicted octanol–water partition coefficient (Wildman–Crippen LogP) is 2.22. The number of hydrogen-bond donors (Lipinski definition) is 2. The Balaban J connectivity index is 0.00000176. The molecule has 2 N–H and O–H groups in total. The Morgan fingerprint density at radius 2 is 2.23 bits per heavy atom. The molecular weight excluding hydrogens is 409 g/mol. The minimum atomic E-state index is 0. The molecule has 5 nitrogen and oxygen atoms in total. The Kier molecular flexibility index (Phi) is 6.46. The molecule has 1 aromatic rings. The largest absolute Gasteiger partial charge is 0.352 e. The summed E-state index contributed by atoms with van der Waals surface area (Å²) in [6.07, 6.45) is 4.71. The zero-order valence-corrected chi connectivity index (χ0v) is 16.6. The van der Waals surface area contributed by atoms with Crippen molar-refractivity contribution < 1.29 is 0 Å². The normalized spacial score (nSPS) is 25.9. The zero-order chi connectivity index (χ0) is 14.8. The van der Waals surface area contributed by atoms with Crippen molar-refractivity contribution >= 4 is 41.3 Å². The molecule has 3 rings (SSSR count). The Bertz CT molecular complexity index is 514. The highest BCUT2D eigenvalue weighted by atomic mass is 127. The maximum atomic E-state index is 4.35. The first kappa shape index (κ1) is 17.9. The number of aryl methyl sites for hydroxylation is 1. The summed E-state index contributed by atoms with van der Waals surface area (Å²) in [6.45, 7) is 7.52. The highest BCUT2D eigenvalue weighted by Gasteiger charge is 2.38. The van der Waals surface area contributed by atoms with Crippen LogP contribution in [0.3, 0.4) is 0 Å². The van der Waals surface area contributed by atoms with E-state index in [4.69, 9.17) is 0 Å². The first-order chi connectivity index (χ1) is 10.2. The summed E-state index contributed by atoms with van der Waals surface area (Å²) in [6, 6.07) is 1.36. The van der Waals surface area contributed by atoms with Crippen molar-refractivity contribution in [2.24, 2.45) is 10.9 Å². The molecule has 7 heteroatoms. The second-order valence-corrected chi connectivity index (χ2v) is 7.50. The number of halogens is 1. The van der Waals surface area contributed by atoms with Gasteiger partial charge in [-0.3, -0.25) is 9.89 Å². The van der Waals surface area contributed by atoms with Crippen LogP contribution < -0.4 is 10.6 Å². The molecule has 2 unspecified atom stereocenters. The topological polar surface area (TPSA) is 52.6 Å². The van der Waals surface area contributed by atoms with Crippen molar-refractivity contribution in [2.75, 3.05) is 20.1 Å². The first-order valence-corrected chi connectivity index (χ1v) is 8.60. The average Bonchev–Trinajstić information content (AvgIpc) is 3.14. The minimum absolute atomic E-state index is 0.